The van der Waals surface area contributed by atoms with E-state index in [0.717, 1.165) is 35.9 Å². The lowest BCUT2D eigenvalue weighted by Crippen LogP contribution is -2.28. The molecule has 5 nitrogen and oxygen atoms in total. The summed E-state index contributed by atoms with van der Waals surface area (Å²) in [7, 11) is 0. The van der Waals surface area contributed by atoms with Crippen LogP contribution in [0.15, 0.2) is 18.3 Å². The topological polar surface area (TPSA) is 78.0 Å². The molecule has 2 atom stereocenters. The van der Waals surface area contributed by atoms with E-state index in [-0.39, 0.29) is 5.91 Å². The van der Waals surface area contributed by atoms with Gasteiger partial charge in [0, 0.05) is 23.9 Å². The molecule has 3 N–H and O–H groups in total. The molecule has 2 aliphatic carbocycles. The van der Waals surface area contributed by atoms with Crippen molar-refractivity contribution in [2.75, 3.05) is 6.54 Å². The molecule has 2 aromatic rings. The fourth-order valence-corrected chi connectivity index (χ4v) is 4.40. The first kappa shape index (κ1) is 14.0. The molecular weight excluding hydrogens is 302 g/mol. The highest BCUT2D eigenvalue weighted by atomic mass is 35.5. The Balaban J connectivity index is 1.57. The largest absolute Gasteiger partial charge is 0.385 e. The average molecular weight is 320 g/mol. The van der Waals surface area contributed by atoms with Crippen molar-refractivity contribution < 1.29 is 9.90 Å². The third kappa shape index (κ3) is 2.11. The molecule has 2 saturated carbocycles. The second-order valence-corrected chi connectivity index (χ2v) is 7.09. The fraction of sp³-hybridized carbons (Fsp3) is 0.500. The molecule has 4 rings (SSSR count). The lowest BCUT2D eigenvalue weighted by Gasteiger charge is -2.27. The minimum atomic E-state index is -0.838. The Hall–Kier alpha value is -1.59. The number of nitrogens with zero attached hydrogens (tertiary/aromatic N) is 1. The zero-order valence-electron chi connectivity index (χ0n) is 12.3. The van der Waals surface area contributed by atoms with Gasteiger partial charge >= 0.3 is 0 Å². The number of rotatable bonds is 3. The summed E-state index contributed by atoms with van der Waals surface area (Å²) in [5.74, 6) is 1.48. The summed E-state index contributed by atoms with van der Waals surface area (Å²) in [6.45, 7) is 2.26. The maximum Gasteiger partial charge on any atom is 0.216 e. The Morgan fingerprint density at radius 2 is 2.23 bits per heavy atom. The second-order valence-electron chi connectivity index (χ2n) is 6.65. The summed E-state index contributed by atoms with van der Waals surface area (Å²) < 4.78 is 0. The highest BCUT2D eigenvalue weighted by Crippen LogP contribution is 2.63. The van der Waals surface area contributed by atoms with Crippen LogP contribution < -0.4 is 5.32 Å². The van der Waals surface area contributed by atoms with Crippen molar-refractivity contribution in [2.24, 2.45) is 17.8 Å². The van der Waals surface area contributed by atoms with Crippen molar-refractivity contribution in [3.8, 4) is 0 Å². The predicted octanol–water partition coefficient (Wildman–Crippen LogP) is 2.20. The van der Waals surface area contributed by atoms with E-state index in [2.05, 4.69) is 15.5 Å². The first-order valence-corrected chi connectivity index (χ1v) is 7.96. The number of hydrogen-bond donors (Lipinski definition) is 3. The van der Waals surface area contributed by atoms with Gasteiger partial charge in [0.25, 0.3) is 0 Å². The van der Waals surface area contributed by atoms with Gasteiger partial charge in [-0.05, 0) is 48.3 Å². The van der Waals surface area contributed by atoms with E-state index in [1.807, 2.05) is 12.1 Å². The van der Waals surface area contributed by atoms with Crippen molar-refractivity contribution >= 4 is 28.4 Å². The molecule has 0 bridgehead atoms. The van der Waals surface area contributed by atoms with E-state index in [1.165, 1.54) is 6.92 Å². The molecule has 1 heterocycles. The highest BCUT2D eigenvalue weighted by molar-refractivity contribution is 6.31. The van der Waals surface area contributed by atoms with E-state index in [4.69, 9.17) is 11.6 Å². The molecule has 1 aromatic carbocycles. The average Bonchev–Trinajstić information content (AvgIpc) is 2.81. The van der Waals surface area contributed by atoms with Crippen molar-refractivity contribution in [1.29, 1.82) is 0 Å². The SMILES string of the molecule is CC(=O)NCC1C2CC(O)(c3cc(Cl)cc4[nH]ncc34)CC12. The molecule has 116 valence electrons. The number of carbonyl (C=O) groups excluding carboxylic acids is 1. The van der Waals surface area contributed by atoms with Gasteiger partial charge in [-0.3, -0.25) is 9.89 Å². The number of H-pyrrole nitrogens is 1. The van der Waals surface area contributed by atoms with Crippen LogP contribution in [0.25, 0.3) is 10.9 Å². The van der Waals surface area contributed by atoms with Crippen LogP contribution in [-0.4, -0.2) is 27.8 Å². The van der Waals surface area contributed by atoms with Crippen LogP contribution in [0.1, 0.15) is 25.3 Å². The summed E-state index contributed by atoms with van der Waals surface area (Å²) in [5, 5.41) is 22.5. The van der Waals surface area contributed by atoms with E-state index in [1.54, 1.807) is 6.20 Å². The molecule has 0 spiro atoms. The second kappa shape index (κ2) is 4.70. The van der Waals surface area contributed by atoms with Crippen molar-refractivity contribution in [1.82, 2.24) is 15.5 Å². The predicted molar refractivity (Wildman–Crippen MR) is 83.4 cm³/mol. The molecule has 0 saturated heterocycles. The molecule has 1 amide bonds. The first-order valence-electron chi connectivity index (χ1n) is 7.58. The maximum absolute atomic E-state index is 11.1. The van der Waals surface area contributed by atoms with Crippen LogP contribution in [0.3, 0.4) is 0 Å². The Labute approximate surface area is 133 Å². The van der Waals surface area contributed by atoms with Gasteiger partial charge in [-0.15, -0.1) is 0 Å². The number of fused-ring (bicyclic) bond motifs is 2. The third-order valence-electron chi connectivity index (χ3n) is 5.27. The highest BCUT2D eigenvalue weighted by Gasteiger charge is 2.61. The molecule has 0 radical (unpaired) electrons. The molecule has 1 aromatic heterocycles. The number of carbonyl (C=O) groups is 1. The van der Waals surface area contributed by atoms with E-state index >= 15 is 0 Å². The minimum Gasteiger partial charge on any atom is -0.385 e. The van der Waals surface area contributed by atoms with Gasteiger partial charge in [-0.1, -0.05) is 11.6 Å². The third-order valence-corrected chi connectivity index (χ3v) is 5.49. The van der Waals surface area contributed by atoms with Crippen LogP contribution in [-0.2, 0) is 10.4 Å². The van der Waals surface area contributed by atoms with E-state index < -0.39 is 5.60 Å². The van der Waals surface area contributed by atoms with E-state index in [9.17, 15) is 9.90 Å². The first-order chi connectivity index (χ1) is 10.5. The van der Waals surface area contributed by atoms with Gasteiger partial charge in [-0.25, -0.2) is 0 Å². The lowest BCUT2D eigenvalue weighted by atomic mass is 9.85. The van der Waals surface area contributed by atoms with Crippen LogP contribution >= 0.6 is 11.6 Å². The summed E-state index contributed by atoms with van der Waals surface area (Å²) in [4.78, 5) is 11.0. The smallest absolute Gasteiger partial charge is 0.216 e. The summed E-state index contributed by atoms with van der Waals surface area (Å²) in [6.07, 6.45) is 3.20. The Kier molecular flexibility index (Phi) is 3.00. The molecule has 22 heavy (non-hydrogen) atoms. The Bertz CT molecular complexity index is 745. The number of aromatic nitrogens is 2. The molecule has 2 aliphatic rings. The summed E-state index contributed by atoms with van der Waals surface area (Å²) >= 11 is 6.18. The van der Waals surface area contributed by atoms with E-state index in [0.29, 0.717) is 22.8 Å². The maximum atomic E-state index is 11.1. The quantitative estimate of drug-likeness (QED) is 0.811. The van der Waals surface area contributed by atoms with Gasteiger partial charge in [0.05, 0.1) is 17.3 Å². The summed E-state index contributed by atoms with van der Waals surface area (Å²) in [6, 6.07) is 3.68. The number of nitrogens with one attached hydrogen (secondary N) is 2. The zero-order chi connectivity index (χ0) is 15.5. The lowest BCUT2D eigenvalue weighted by molar-refractivity contribution is -0.119. The van der Waals surface area contributed by atoms with Crippen molar-refractivity contribution in [2.45, 2.75) is 25.4 Å². The number of aliphatic hydroxyl groups is 1. The monoisotopic (exact) mass is 319 g/mol. The van der Waals surface area contributed by atoms with Gasteiger partial charge in [-0.2, -0.15) is 5.10 Å². The van der Waals surface area contributed by atoms with Gasteiger partial charge in [0.2, 0.25) is 5.91 Å². The molecular formula is C16H18ClN3O2. The Morgan fingerprint density at radius 1 is 1.50 bits per heavy atom. The normalized spacial score (nSPS) is 33.0. The fourth-order valence-electron chi connectivity index (χ4n) is 4.18. The molecule has 6 heteroatoms. The number of halogens is 1. The molecule has 0 aliphatic heterocycles. The number of amides is 1. The number of benzene rings is 1. The van der Waals surface area contributed by atoms with Crippen molar-refractivity contribution in [3.05, 3.63) is 28.9 Å². The molecule has 2 unspecified atom stereocenters. The van der Waals surface area contributed by atoms with Gasteiger partial charge < -0.3 is 10.4 Å². The van der Waals surface area contributed by atoms with Crippen LogP contribution in [0.5, 0.6) is 0 Å². The van der Waals surface area contributed by atoms with Crippen LogP contribution in [0.4, 0.5) is 0 Å². The van der Waals surface area contributed by atoms with Gasteiger partial charge in [0.15, 0.2) is 0 Å². The van der Waals surface area contributed by atoms with Crippen LogP contribution in [0, 0.1) is 17.8 Å². The standard InChI is InChI=1S/C16H18ClN3O2/c1-8(21)18-6-12-10-4-16(22,5-11(10)12)14-2-9(17)3-15-13(14)7-19-20-15/h2-3,7,10-12,22H,4-6H2,1H3,(H,18,21)(H,19,20). The van der Waals surface area contributed by atoms with Crippen molar-refractivity contribution in [3.63, 3.8) is 0 Å². The minimum absolute atomic E-state index is 0.00943. The van der Waals surface area contributed by atoms with Crippen LogP contribution in [0.2, 0.25) is 5.02 Å². The van der Waals surface area contributed by atoms with Gasteiger partial charge in [0.1, 0.15) is 0 Å². The Morgan fingerprint density at radius 3 is 2.91 bits per heavy atom. The number of hydrogen-bond acceptors (Lipinski definition) is 3. The zero-order valence-corrected chi connectivity index (χ0v) is 13.0. The number of aromatic amines is 1. The molecule has 2 fully saturated rings. The summed E-state index contributed by atoms with van der Waals surface area (Å²) in [5.41, 5.74) is 0.884.